The van der Waals surface area contributed by atoms with Gasteiger partial charge in [0.15, 0.2) is 0 Å². The molecule has 0 spiro atoms. The third-order valence-corrected chi connectivity index (χ3v) is 5.21. The normalized spacial score (nSPS) is 10.1. The van der Waals surface area contributed by atoms with E-state index in [1.54, 1.807) is 7.11 Å². The van der Waals surface area contributed by atoms with Crippen LogP contribution in [-0.2, 0) is 0 Å². The Bertz CT molecular complexity index is 529. The molecule has 0 atom stereocenters. The fraction of sp³-hybridized carbons (Fsp3) is 0.133. The van der Waals surface area contributed by atoms with Crippen molar-refractivity contribution in [3.63, 3.8) is 0 Å². The Morgan fingerprint density at radius 2 is 1.61 bits per heavy atom. The van der Waals surface area contributed by atoms with Crippen molar-refractivity contribution in [2.45, 2.75) is 6.92 Å². The van der Waals surface area contributed by atoms with E-state index in [-0.39, 0.29) is 3.83 Å². The molecule has 2 nitrogen and oxygen atoms in total. The summed E-state index contributed by atoms with van der Waals surface area (Å²) >= 11 is -0.814. The zero-order valence-electron chi connectivity index (χ0n) is 10.3. The second-order valence-corrected chi connectivity index (χ2v) is 6.92. The second kappa shape index (κ2) is 6.04. The fourth-order valence-corrected chi connectivity index (χ4v) is 3.61. The Morgan fingerprint density at radius 1 is 1.00 bits per heavy atom. The third kappa shape index (κ3) is 3.35. The number of ether oxygens (including phenoxy) is 1. The Hall–Kier alpha value is -1.30. The Labute approximate surface area is 117 Å². The Morgan fingerprint density at radius 3 is 2.17 bits per heavy atom. The molecule has 0 aliphatic carbocycles. The van der Waals surface area contributed by atoms with Crippen LogP contribution in [0.25, 0.3) is 0 Å². The van der Waals surface area contributed by atoms with Gasteiger partial charge in [-0.25, -0.2) is 0 Å². The number of carbonyl (C=O) groups is 1. The van der Waals surface area contributed by atoms with Crippen molar-refractivity contribution in [2.75, 3.05) is 7.11 Å². The average molecular weight is 354 g/mol. The van der Waals surface area contributed by atoms with Crippen LogP contribution in [0.3, 0.4) is 0 Å². The maximum atomic E-state index is 12.1. The molecule has 0 N–H and O–H groups in total. The average Bonchev–Trinajstić information content (AvgIpc) is 2.41. The minimum atomic E-state index is -0.814. The van der Waals surface area contributed by atoms with Crippen LogP contribution in [0.4, 0.5) is 0 Å². The first kappa shape index (κ1) is 13.1. The van der Waals surface area contributed by atoms with Gasteiger partial charge in [0.25, 0.3) is 0 Å². The summed E-state index contributed by atoms with van der Waals surface area (Å²) in [5.74, 6) is 0.780. The van der Waals surface area contributed by atoms with Gasteiger partial charge >= 0.3 is 117 Å². The quantitative estimate of drug-likeness (QED) is 0.787. The van der Waals surface area contributed by atoms with E-state index < -0.39 is 20.9 Å². The van der Waals surface area contributed by atoms with Crippen LogP contribution in [0.1, 0.15) is 15.9 Å². The van der Waals surface area contributed by atoms with Gasteiger partial charge < -0.3 is 0 Å². The first-order valence-corrected chi connectivity index (χ1v) is 7.95. The van der Waals surface area contributed by atoms with Gasteiger partial charge in [-0.05, 0) is 0 Å². The molecular weight excluding hydrogens is 340 g/mol. The standard InChI is InChI=1S/C15H14O2Te/c1-11-3-9-14(10-4-11)18-15(16)12-5-7-13(17-2)8-6-12/h3-10H,1-2H3. The number of hydrogen-bond donors (Lipinski definition) is 0. The molecule has 0 amide bonds. The van der Waals surface area contributed by atoms with Crippen molar-refractivity contribution in [2.24, 2.45) is 0 Å². The van der Waals surface area contributed by atoms with Crippen LogP contribution in [0.2, 0.25) is 0 Å². The van der Waals surface area contributed by atoms with Gasteiger partial charge in [-0.3, -0.25) is 0 Å². The first-order chi connectivity index (χ1) is 8.69. The molecule has 0 heterocycles. The SMILES string of the molecule is COc1ccc(C(=O)[Te]c2ccc(C)cc2)cc1. The minimum absolute atomic E-state index is 0.256. The number of carbonyl (C=O) groups excluding carboxylic acids is 1. The van der Waals surface area contributed by atoms with Crippen molar-refractivity contribution < 1.29 is 9.53 Å². The molecule has 0 saturated heterocycles. The van der Waals surface area contributed by atoms with Gasteiger partial charge in [-0.15, -0.1) is 0 Å². The summed E-state index contributed by atoms with van der Waals surface area (Å²) in [6.45, 7) is 2.05. The van der Waals surface area contributed by atoms with Crippen LogP contribution in [0, 0.1) is 6.92 Å². The molecule has 0 saturated carbocycles. The van der Waals surface area contributed by atoms with Crippen molar-refractivity contribution in [3.8, 4) is 5.75 Å². The fourth-order valence-electron chi connectivity index (χ4n) is 1.50. The molecule has 0 bridgehead atoms. The molecule has 0 unspecified atom stereocenters. The van der Waals surface area contributed by atoms with Crippen molar-refractivity contribution in [3.05, 3.63) is 59.7 Å². The zero-order valence-corrected chi connectivity index (χ0v) is 12.7. The number of methoxy groups -OCH3 is 1. The zero-order chi connectivity index (χ0) is 13.0. The predicted molar refractivity (Wildman–Crippen MR) is 73.9 cm³/mol. The first-order valence-electron chi connectivity index (χ1n) is 5.62. The van der Waals surface area contributed by atoms with Crippen LogP contribution < -0.4 is 8.35 Å². The molecule has 92 valence electrons. The van der Waals surface area contributed by atoms with Crippen molar-refractivity contribution in [1.82, 2.24) is 0 Å². The second-order valence-electron chi connectivity index (χ2n) is 3.93. The Balaban J connectivity index is 2.09. The molecule has 0 aromatic heterocycles. The van der Waals surface area contributed by atoms with Crippen LogP contribution >= 0.6 is 0 Å². The van der Waals surface area contributed by atoms with E-state index in [0.717, 1.165) is 11.3 Å². The molecule has 0 aliphatic heterocycles. The van der Waals surface area contributed by atoms with Gasteiger partial charge in [0.05, 0.1) is 0 Å². The number of benzene rings is 2. The van der Waals surface area contributed by atoms with Crippen molar-refractivity contribution in [1.29, 1.82) is 0 Å². The number of rotatable bonds is 4. The summed E-state index contributed by atoms with van der Waals surface area (Å²) in [5.41, 5.74) is 2.00. The molecule has 0 aliphatic rings. The van der Waals surface area contributed by atoms with Gasteiger partial charge in [0.1, 0.15) is 0 Å². The van der Waals surface area contributed by atoms with E-state index in [1.807, 2.05) is 24.3 Å². The topological polar surface area (TPSA) is 26.3 Å². The monoisotopic (exact) mass is 356 g/mol. The van der Waals surface area contributed by atoms with E-state index in [1.165, 1.54) is 9.17 Å². The van der Waals surface area contributed by atoms with E-state index >= 15 is 0 Å². The molecule has 2 aromatic rings. The molecular formula is C15H14O2Te. The summed E-state index contributed by atoms with van der Waals surface area (Å²) in [7, 11) is 1.62. The molecule has 18 heavy (non-hydrogen) atoms. The molecule has 2 rings (SSSR count). The summed E-state index contributed by atoms with van der Waals surface area (Å²) in [4.78, 5) is 12.1. The van der Waals surface area contributed by atoms with Crippen LogP contribution in [0.5, 0.6) is 5.75 Å². The number of hydrogen-bond acceptors (Lipinski definition) is 2. The molecule has 0 radical (unpaired) electrons. The van der Waals surface area contributed by atoms with Crippen LogP contribution in [0.15, 0.2) is 48.5 Å². The van der Waals surface area contributed by atoms with Gasteiger partial charge in [-0.2, -0.15) is 0 Å². The van der Waals surface area contributed by atoms with Gasteiger partial charge in [0, 0.05) is 0 Å². The van der Waals surface area contributed by atoms with E-state index in [2.05, 4.69) is 31.2 Å². The molecule has 2 aromatic carbocycles. The summed E-state index contributed by atoms with van der Waals surface area (Å²) in [6, 6.07) is 15.5. The Kier molecular flexibility index (Phi) is 4.41. The van der Waals surface area contributed by atoms with E-state index in [9.17, 15) is 4.79 Å². The molecule has 3 heteroatoms. The van der Waals surface area contributed by atoms with Gasteiger partial charge in [0.2, 0.25) is 0 Å². The summed E-state index contributed by atoms with van der Waals surface area (Å²) in [6.07, 6.45) is 0. The third-order valence-electron chi connectivity index (χ3n) is 2.56. The van der Waals surface area contributed by atoms with E-state index in [0.29, 0.717) is 0 Å². The van der Waals surface area contributed by atoms with E-state index in [4.69, 9.17) is 4.74 Å². The maximum absolute atomic E-state index is 12.1. The summed E-state index contributed by atoms with van der Waals surface area (Å²) in [5, 5.41) is 0. The predicted octanol–water partition coefficient (Wildman–Crippen LogP) is 2.17. The molecule has 0 fully saturated rings. The van der Waals surface area contributed by atoms with Gasteiger partial charge in [-0.1, -0.05) is 0 Å². The van der Waals surface area contributed by atoms with Crippen molar-refractivity contribution >= 4 is 28.4 Å². The summed E-state index contributed by atoms with van der Waals surface area (Å²) < 4.78 is 6.51. The number of aryl methyl sites for hydroxylation is 1. The van der Waals surface area contributed by atoms with Crippen LogP contribution in [-0.4, -0.2) is 31.9 Å².